The lowest BCUT2D eigenvalue weighted by Crippen LogP contribution is -2.33. The third kappa shape index (κ3) is 2.05. The van der Waals surface area contributed by atoms with Crippen LogP contribution in [0.3, 0.4) is 0 Å². The van der Waals surface area contributed by atoms with E-state index in [2.05, 4.69) is 0 Å². The standard InChI is InChI=1S/C11H16O3/c1-8(12)11(2,13)9-4-6-10(14-3)7-5-9/h4-8,12-13H,1-3H3. The predicted octanol–water partition coefficient (Wildman–Crippen LogP) is 1.28. The second-order valence-electron chi connectivity index (χ2n) is 3.55. The third-order valence-electron chi connectivity index (χ3n) is 2.49. The van der Waals surface area contributed by atoms with Gasteiger partial charge in [0.1, 0.15) is 11.4 Å². The molecule has 2 atom stereocenters. The zero-order valence-electron chi connectivity index (χ0n) is 8.69. The van der Waals surface area contributed by atoms with E-state index in [-0.39, 0.29) is 0 Å². The molecule has 0 fully saturated rings. The molecule has 0 spiro atoms. The van der Waals surface area contributed by atoms with Crippen molar-refractivity contribution in [3.05, 3.63) is 29.8 Å². The molecule has 0 aliphatic rings. The minimum absolute atomic E-state index is 0.674. The molecular formula is C11H16O3. The van der Waals surface area contributed by atoms with Crippen LogP contribution in [0.2, 0.25) is 0 Å². The minimum atomic E-state index is -1.22. The Kier molecular flexibility index (Phi) is 3.13. The van der Waals surface area contributed by atoms with E-state index < -0.39 is 11.7 Å². The smallest absolute Gasteiger partial charge is 0.118 e. The summed E-state index contributed by atoms with van der Waals surface area (Å²) in [5.41, 5.74) is -0.542. The van der Waals surface area contributed by atoms with Crippen molar-refractivity contribution in [2.75, 3.05) is 7.11 Å². The third-order valence-corrected chi connectivity index (χ3v) is 2.49. The molecule has 0 heterocycles. The van der Waals surface area contributed by atoms with Gasteiger partial charge in [-0.1, -0.05) is 12.1 Å². The van der Waals surface area contributed by atoms with Crippen molar-refractivity contribution < 1.29 is 14.9 Å². The molecule has 3 heteroatoms. The molecule has 0 amide bonds. The first-order valence-corrected chi connectivity index (χ1v) is 4.53. The number of methoxy groups -OCH3 is 1. The largest absolute Gasteiger partial charge is 0.497 e. The van der Waals surface area contributed by atoms with E-state index in [1.54, 1.807) is 45.2 Å². The Morgan fingerprint density at radius 3 is 2.14 bits per heavy atom. The Balaban J connectivity index is 2.97. The minimum Gasteiger partial charge on any atom is -0.497 e. The van der Waals surface area contributed by atoms with Crippen molar-refractivity contribution in [2.45, 2.75) is 25.6 Å². The Hall–Kier alpha value is -1.06. The maximum Gasteiger partial charge on any atom is 0.118 e. The van der Waals surface area contributed by atoms with Gasteiger partial charge < -0.3 is 14.9 Å². The Morgan fingerprint density at radius 1 is 1.29 bits per heavy atom. The Bertz CT molecular complexity index is 288. The van der Waals surface area contributed by atoms with E-state index in [0.717, 1.165) is 5.75 Å². The zero-order chi connectivity index (χ0) is 10.8. The van der Waals surface area contributed by atoms with Crippen molar-refractivity contribution >= 4 is 0 Å². The SMILES string of the molecule is COc1ccc(C(C)(O)C(C)O)cc1. The first kappa shape index (κ1) is 11.0. The molecule has 14 heavy (non-hydrogen) atoms. The molecule has 0 saturated heterocycles. The molecular weight excluding hydrogens is 180 g/mol. The second kappa shape index (κ2) is 3.98. The van der Waals surface area contributed by atoms with Gasteiger partial charge >= 0.3 is 0 Å². The van der Waals surface area contributed by atoms with Crippen LogP contribution in [0.5, 0.6) is 5.75 Å². The topological polar surface area (TPSA) is 49.7 Å². The molecule has 1 aromatic carbocycles. The molecule has 2 unspecified atom stereocenters. The number of benzene rings is 1. The molecule has 3 nitrogen and oxygen atoms in total. The lowest BCUT2D eigenvalue weighted by atomic mass is 9.91. The van der Waals surface area contributed by atoms with Crippen LogP contribution in [0, 0.1) is 0 Å². The second-order valence-corrected chi connectivity index (χ2v) is 3.55. The highest BCUT2D eigenvalue weighted by atomic mass is 16.5. The van der Waals surface area contributed by atoms with Crippen LogP contribution in [0.4, 0.5) is 0 Å². The number of rotatable bonds is 3. The monoisotopic (exact) mass is 196 g/mol. The van der Waals surface area contributed by atoms with Gasteiger partial charge in [0, 0.05) is 0 Å². The van der Waals surface area contributed by atoms with Gasteiger partial charge in [0.15, 0.2) is 0 Å². The molecule has 2 N–H and O–H groups in total. The molecule has 1 rings (SSSR count). The Labute approximate surface area is 84.0 Å². The van der Waals surface area contributed by atoms with Gasteiger partial charge in [-0.3, -0.25) is 0 Å². The lowest BCUT2D eigenvalue weighted by Gasteiger charge is -2.27. The highest BCUT2D eigenvalue weighted by Gasteiger charge is 2.28. The van der Waals surface area contributed by atoms with Crippen LogP contribution >= 0.6 is 0 Å². The summed E-state index contributed by atoms with van der Waals surface area (Å²) in [6, 6.07) is 7.00. The number of ether oxygens (including phenoxy) is 1. The van der Waals surface area contributed by atoms with Crippen LogP contribution < -0.4 is 4.74 Å². The molecule has 1 aromatic rings. The summed E-state index contributed by atoms with van der Waals surface area (Å²) in [6.45, 7) is 3.14. The van der Waals surface area contributed by atoms with E-state index in [1.165, 1.54) is 0 Å². The van der Waals surface area contributed by atoms with Crippen molar-refractivity contribution in [3.8, 4) is 5.75 Å². The molecule has 0 aliphatic heterocycles. The van der Waals surface area contributed by atoms with E-state index in [4.69, 9.17) is 4.74 Å². The number of hydrogen-bond donors (Lipinski definition) is 2. The van der Waals surface area contributed by atoms with E-state index >= 15 is 0 Å². The zero-order valence-corrected chi connectivity index (χ0v) is 8.69. The van der Waals surface area contributed by atoms with Crippen LogP contribution in [-0.4, -0.2) is 23.4 Å². The average Bonchev–Trinajstić information content (AvgIpc) is 2.17. The summed E-state index contributed by atoms with van der Waals surface area (Å²) in [4.78, 5) is 0. The van der Waals surface area contributed by atoms with Crippen LogP contribution in [0.15, 0.2) is 24.3 Å². The summed E-state index contributed by atoms with van der Waals surface area (Å²) in [7, 11) is 1.59. The van der Waals surface area contributed by atoms with E-state index in [9.17, 15) is 10.2 Å². The summed E-state index contributed by atoms with van der Waals surface area (Å²) in [5.74, 6) is 0.732. The molecule has 0 aliphatic carbocycles. The van der Waals surface area contributed by atoms with Gasteiger partial charge in [0.2, 0.25) is 0 Å². The normalized spacial score (nSPS) is 17.2. The quantitative estimate of drug-likeness (QED) is 0.765. The van der Waals surface area contributed by atoms with Crippen LogP contribution in [-0.2, 0) is 5.60 Å². The summed E-state index contributed by atoms with van der Waals surface area (Å²) in [6.07, 6.45) is -0.809. The number of aliphatic hydroxyl groups is 2. The van der Waals surface area contributed by atoms with E-state index in [0.29, 0.717) is 5.56 Å². The van der Waals surface area contributed by atoms with E-state index in [1.807, 2.05) is 0 Å². The fraction of sp³-hybridized carbons (Fsp3) is 0.455. The highest BCUT2D eigenvalue weighted by molar-refractivity contribution is 5.30. The van der Waals surface area contributed by atoms with Crippen molar-refractivity contribution in [1.82, 2.24) is 0 Å². The van der Waals surface area contributed by atoms with Gasteiger partial charge in [-0.15, -0.1) is 0 Å². The average molecular weight is 196 g/mol. The summed E-state index contributed by atoms with van der Waals surface area (Å²) < 4.78 is 5.00. The predicted molar refractivity (Wildman–Crippen MR) is 54.2 cm³/mol. The molecule has 0 radical (unpaired) electrons. The van der Waals surface area contributed by atoms with Gasteiger partial charge in [0.05, 0.1) is 13.2 Å². The van der Waals surface area contributed by atoms with Crippen molar-refractivity contribution in [1.29, 1.82) is 0 Å². The maximum absolute atomic E-state index is 9.94. The molecule has 0 saturated carbocycles. The van der Waals surface area contributed by atoms with Gasteiger partial charge in [0.25, 0.3) is 0 Å². The first-order chi connectivity index (χ1) is 6.48. The van der Waals surface area contributed by atoms with Crippen molar-refractivity contribution in [3.63, 3.8) is 0 Å². The maximum atomic E-state index is 9.94. The molecule has 0 aromatic heterocycles. The summed E-state index contributed by atoms with van der Waals surface area (Å²) >= 11 is 0. The summed E-state index contributed by atoms with van der Waals surface area (Å²) in [5, 5.41) is 19.3. The van der Waals surface area contributed by atoms with Gasteiger partial charge in [-0.2, -0.15) is 0 Å². The fourth-order valence-corrected chi connectivity index (χ4v) is 1.17. The van der Waals surface area contributed by atoms with Crippen LogP contribution in [0.1, 0.15) is 19.4 Å². The molecule has 78 valence electrons. The Morgan fingerprint density at radius 2 is 1.79 bits per heavy atom. The number of hydrogen-bond acceptors (Lipinski definition) is 3. The molecule has 0 bridgehead atoms. The fourth-order valence-electron chi connectivity index (χ4n) is 1.17. The number of aliphatic hydroxyl groups excluding tert-OH is 1. The van der Waals surface area contributed by atoms with Crippen molar-refractivity contribution in [2.24, 2.45) is 0 Å². The first-order valence-electron chi connectivity index (χ1n) is 4.53. The van der Waals surface area contributed by atoms with Gasteiger partial charge in [-0.05, 0) is 31.5 Å². The van der Waals surface area contributed by atoms with Gasteiger partial charge in [-0.25, -0.2) is 0 Å². The highest BCUT2D eigenvalue weighted by Crippen LogP contribution is 2.26. The van der Waals surface area contributed by atoms with Crippen LogP contribution in [0.25, 0.3) is 0 Å². The lowest BCUT2D eigenvalue weighted by molar-refractivity contribution is -0.0570.